The van der Waals surface area contributed by atoms with Gasteiger partial charge in [0, 0.05) is 21.3 Å². The summed E-state index contributed by atoms with van der Waals surface area (Å²) in [6.45, 7) is 0.590. The van der Waals surface area contributed by atoms with Crippen LogP contribution in [0.3, 0.4) is 0 Å². The van der Waals surface area contributed by atoms with Crippen molar-refractivity contribution in [3.8, 4) is 5.75 Å². The topological polar surface area (TPSA) is 69.3 Å². The quantitative estimate of drug-likeness (QED) is 0.265. The Balaban J connectivity index is 1.38. The normalized spacial score (nSPS) is 10.9. The zero-order valence-electron chi connectivity index (χ0n) is 16.3. The second-order valence-electron chi connectivity index (χ2n) is 6.72. The van der Waals surface area contributed by atoms with Crippen LogP contribution < -0.4 is 10.1 Å². The molecule has 0 atom stereocenters. The molecular formula is C22H15BrCl3N3O3. The third kappa shape index (κ3) is 5.66. The number of anilines is 1. The van der Waals surface area contributed by atoms with Crippen LogP contribution >= 0.6 is 50.7 Å². The van der Waals surface area contributed by atoms with Crippen LogP contribution in [0.25, 0.3) is 0 Å². The second kappa shape index (κ2) is 10.0. The van der Waals surface area contributed by atoms with Gasteiger partial charge in [-0.15, -0.1) is 0 Å². The number of benzene rings is 2. The van der Waals surface area contributed by atoms with Crippen molar-refractivity contribution in [3.63, 3.8) is 0 Å². The number of ether oxygens (including phenoxy) is 1. The van der Waals surface area contributed by atoms with Gasteiger partial charge in [0.05, 0.1) is 11.0 Å². The van der Waals surface area contributed by atoms with E-state index in [0.29, 0.717) is 43.4 Å². The van der Waals surface area contributed by atoms with Crippen molar-refractivity contribution < 1.29 is 13.9 Å². The number of amides is 1. The average Bonchev–Trinajstić information content (AvgIpc) is 3.36. The molecule has 4 aromatic rings. The molecule has 164 valence electrons. The largest absolute Gasteiger partial charge is 0.486 e. The van der Waals surface area contributed by atoms with E-state index < -0.39 is 5.91 Å². The summed E-state index contributed by atoms with van der Waals surface area (Å²) < 4.78 is 13.5. The van der Waals surface area contributed by atoms with Gasteiger partial charge in [0.25, 0.3) is 5.91 Å². The summed E-state index contributed by atoms with van der Waals surface area (Å²) in [5.41, 5.74) is 0.848. The second-order valence-corrected chi connectivity index (χ2v) is 8.86. The monoisotopic (exact) mass is 553 g/mol. The van der Waals surface area contributed by atoms with Crippen molar-refractivity contribution in [1.29, 1.82) is 0 Å². The standard InChI is InChI=1S/C22H15BrCl3N3O3/c23-18-11-29(10-13-1-2-15(25)9-19(13)26)28-21(18)27-22(30)20-8-7-17(32-20)12-31-16-5-3-14(24)4-6-16/h1-9,11H,10,12H2,(H,27,28,30). The molecule has 32 heavy (non-hydrogen) atoms. The highest BCUT2D eigenvalue weighted by Crippen LogP contribution is 2.25. The van der Waals surface area contributed by atoms with Crippen LogP contribution in [0, 0.1) is 0 Å². The molecular weight excluding hydrogens is 541 g/mol. The van der Waals surface area contributed by atoms with E-state index in [0.717, 1.165) is 5.56 Å². The van der Waals surface area contributed by atoms with Crippen LogP contribution in [0.2, 0.25) is 15.1 Å². The number of aromatic nitrogens is 2. The van der Waals surface area contributed by atoms with Crippen LogP contribution in [0.15, 0.2) is 69.7 Å². The fourth-order valence-electron chi connectivity index (χ4n) is 2.82. The number of nitrogens with zero attached hydrogens (tertiary/aromatic N) is 2. The van der Waals surface area contributed by atoms with Crippen molar-refractivity contribution in [1.82, 2.24) is 9.78 Å². The molecule has 0 saturated carbocycles. The Morgan fingerprint density at radius 2 is 1.81 bits per heavy atom. The summed E-state index contributed by atoms with van der Waals surface area (Å²) in [4.78, 5) is 12.6. The third-order valence-corrected chi connectivity index (χ3v) is 5.80. The SMILES string of the molecule is O=C(Nc1nn(Cc2ccc(Cl)cc2Cl)cc1Br)c1ccc(COc2ccc(Cl)cc2)o1. The Kier molecular flexibility index (Phi) is 7.10. The summed E-state index contributed by atoms with van der Waals surface area (Å²) in [6.07, 6.45) is 1.74. The number of carbonyl (C=O) groups excluding carboxylic acids is 1. The van der Waals surface area contributed by atoms with E-state index in [-0.39, 0.29) is 12.4 Å². The van der Waals surface area contributed by atoms with E-state index in [1.807, 2.05) is 6.07 Å². The molecule has 0 fully saturated rings. The fraction of sp³-hybridized carbons (Fsp3) is 0.0909. The Bertz CT molecular complexity index is 1260. The minimum atomic E-state index is -0.432. The van der Waals surface area contributed by atoms with Gasteiger partial charge in [0.2, 0.25) is 0 Å². The van der Waals surface area contributed by atoms with Gasteiger partial charge in [-0.05, 0) is 70.0 Å². The molecule has 2 aromatic carbocycles. The number of halogens is 4. The van der Waals surface area contributed by atoms with Gasteiger partial charge in [-0.25, -0.2) is 0 Å². The van der Waals surface area contributed by atoms with E-state index in [1.54, 1.807) is 59.4 Å². The zero-order valence-corrected chi connectivity index (χ0v) is 20.2. The molecule has 0 unspecified atom stereocenters. The van der Waals surface area contributed by atoms with Crippen molar-refractivity contribution in [2.75, 3.05) is 5.32 Å². The van der Waals surface area contributed by atoms with Crippen molar-refractivity contribution in [2.45, 2.75) is 13.2 Å². The molecule has 10 heteroatoms. The lowest BCUT2D eigenvalue weighted by atomic mass is 10.2. The lowest BCUT2D eigenvalue weighted by Gasteiger charge is -2.05. The predicted octanol–water partition coefficient (Wildman–Crippen LogP) is 7.08. The van der Waals surface area contributed by atoms with Crippen molar-refractivity contribution >= 4 is 62.5 Å². The molecule has 0 spiro atoms. The highest BCUT2D eigenvalue weighted by Gasteiger charge is 2.16. The fourth-order valence-corrected chi connectivity index (χ4v) is 3.83. The van der Waals surface area contributed by atoms with Crippen LogP contribution in [-0.2, 0) is 13.2 Å². The summed E-state index contributed by atoms with van der Waals surface area (Å²) in [5.74, 6) is 1.22. The van der Waals surface area contributed by atoms with Crippen LogP contribution in [0.4, 0.5) is 5.82 Å². The van der Waals surface area contributed by atoms with E-state index in [1.165, 1.54) is 0 Å². The molecule has 0 aliphatic carbocycles. The van der Waals surface area contributed by atoms with Gasteiger partial charge in [0.15, 0.2) is 11.6 Å². The molecule has 2 heterocycles. The summed E-state index contributed by atoms with van der Waals surface area (Å²) in [6, 6.07) is 15.5. The van der Waals surface area contributed by atoms with Gasteiger partial charge < -0.3 is 14.5 Å². The smallest absolute Gasteiger partial charge is 0.292 e. The number of nitrogens with one attached hydrogen (secondary N) is 1. The van der Waals surface area contributed by atoms with Crippen molar-refractivity contribution in [2.24, 2.45) is 0 Å². The molecule has 4 rings (SSSR count). The van der Waals surface area contributed by atoms with E-state index >= 15 is 0 Å². The van der Waals surface area contributed by atoms with Crippen LogP contribution in [0.1, 0.15) is 21.9 Å². The molecule has 0 saturated heterocycles. The lowest BCUT2D eigenvalue weighted by molar-refractivity contribution is 0.0992. The van der Waals surface area contributed by atoms with Crippen LogP contribution in [0.5, 0.6) is 5.75 Å². The number of furan rings is 1. The maximum Gasteiger partial charge on any atom is 0.292 e. The first-order chi connectivity index (χ1) is 15.4. The summed E-state index contributed by atoms with van der Waals surface area (Å²) in [7, 11) is 0. The molecule has 0 aliphatic rings. The molecule has 1 N–H and O–H groups in total. The Hall–Kier alpha value is -2.45. The average molecular weight is 556 g/mol. The molecule has 0 aliphatic heterocycles. The Morgan fingerprint density at radius 1 is 1.06 bits per heavy atom. The van der Waals surface area contributed by atoms with Gasteiger partial charge in [-0.3, -0.25) is 9.48 Å². The first kappa shape index (κ1) is 22.7. The molecule has 0 bridgehead atoms. The van der Waals surface area contributed by atoms with Crippen molar-refractivity contribution in [3.05, 3.63) is 97.4 Å². The molecule has 6 nitrogen and oxygen atoms in total. The van der Waals surface area contributed by atoms with E-state index in [4.69, 9.17) is 44.0 Å². The summed E-state index contributed by atoms with van der Waals surface area (Å²) >= 11 is 21.4. The lowest BCUT2D eigenvalue weighted by Crippen LogP contribution is -2.12. The highest BCUT2D eigenvalue weighted by molar-refractivity contribution is 9.10. The highest BCUT2D eigenvalue weighted by atomic mass is 79.9. The van der Waals surface area contributed by atoms with E-state index in [9.17, 15) is 4.79 Å². The number of carbonyl (C=O) groups is 1. The first-order valence-corrected chi connectivity index (χ1v) is 11.3. The molecule has 0 radical (unpaired) electrons. The maximum absolute atomic E-state index is 12.6. The van der Waals surface area contributed by atoms with Gasteiger partial charge >= 0.3 is 0 Å². The first-order valence-electron chi connectivity index (χ1n) is 9.33. The third-order valence-electron chi connectivity index (χ3n) is 4.38. The van der Waals surface area contributed by atoms with Crippen LogP contribution in [-0.4, -0.2) is 15.7 Å². The number of hydrogen-bond acceptors (Lipinski definition) is 4. The summed E-state index contributed by atoms with van der Waals surface area (Å²) in [5, 5.41) is 8.85. The van der Waals surface area contributed by atoms with E-state index in [2.05, 4.69) is 26.3 Å². The van der Waals surface area contributed by atoms with Gasteiger partial charge in [0.1, 0.15) is 18.1 Å². The van der Waals surface area contributed by atoms with Gasteiger partial charge in [-0.1, -0.05) is 40.9 Å². The molecule has 2 aromatic heterocycles. The number of rotatable bonds is 7. The maximum atomic E-state index is 12.6. The number of hydrogen-bond donors (Lipinski definition) is 1. The zero-order chi connectivity index (χ0) is 22.7. The minimum Gasteiger partial charge on any atom is -0.486 e. The Morgan fingerprint density at radius 3 is 2.56 bits per heavy atom. The Labute approximate surface area is 207 Å². The predicted molar refractivity (Wildman–Crippen MR) is 128 cm³/mol. The van der Waals surface area contributed by atoms with Gasteiger partial charge in [-0.2, -0.15) is 5.10 Å². The molecule has 1 amide bonds. The minimum absolute atomic E-state index is 0.141.